The molecule has 0 heterocycles. The summed E-state index contributed by atoms with van der Waals surface area (Å²) in [5.41, 5.74) is 3.51. The van der Waals surface area contributed by atoms with Crippen LogP contribution in [-0.2, 0) is 22.0 Å². The van der Waals surface area contributed by atoms with Crippen molar-refractivity contribution in [3.63, 3.8) is 0 Å². The molecule has 2 rings (SSSR count). The van der Waals surface area contributed by atoms with Gasteiger partial charge in [-0.2, -0.15) is 0 Å². The average molecular weight is 375 g/mol. The van der Waals surface area contributed by atoms with E-state index in [-0.39, 0.29) is 11.7 Å². The third-order valence-electron chi connectivity index (χ3n) is 4.00. The maximum Gasteiger partial charge on any atom is 0.251 e. The lowest BCUT2D eigenvalue weighted by Gasteiger charge is -2.12. The summed E-state index contributed by atoms with van der Waals surface area (Å²) in [6, 6.07) is 15.1. The number of sulfone groups is 1. The van der Waals surface area contributed by atoms with Crippen LogP contribution >= 0.6 is 0 Å². The van der Waals surface area contributed by atoms with Crippen LogP contribution in [0.15, 0.2) is 48.5 Å². The Morgan fingerprint density at radius 3 is 2.35 bits per heavy atom. The molecule has 1 N–H and O–H groups in total. The molecule has 6 heteroatoms. The van der Waals surface area contributed by atoms with Crippen LogP contribution in [0, 0.1) is 0 Å². The number of anilines is 1. The van der Waals surface area contributed by atoms with Crippen molar-refractivity contribution in [3.05, 3.63) is 65.2 Å². The minimum atomic E-state index is -3.11. The molecule has 2 aromatic rings. The standard InChI is InChI=1S/C20H26N2O3S/c1-22(2)19-11-9-16(10-12-19)7-5-13-21-20(23)18-8-4-6-17(14-18)15-26(3,24)25/h4,6,8-12,14H,5,7,13,15H2,1-3H3,(H,21,23). The fourth-order valence-electron chi connectivity index (χ4n) is 2.66. The highest BCUT2D eigenvalue weighted by Gasteiger charge is 2.09. The van der Waals surface area contributed by atoms with Crippen molar-refractivity contribution >= 4 is 21.4 Å². The molecule has 0 aliphatic rings. The van der Waals surface area contributed by atoms with Crippen LogP contribution in [0.5, 0.6) is 0 Å². The number of hydrogen-bond donors (Lipinski definition) is 1. The number of amides is 1. The zero-order chi connectivity index (χ0) is 19.2. The Kier molecular flexibility index (Phi) is 6.80. The molecule has 0 spiro atoms. The maximum absolute atomic E-state index is 12.2. The van der Waals surface area contributed by atoms with Gasteiger partial charge in [-0.15, -0.1) is 0 Å². The summed E-state index contributed by atoms with van der Waals surface area (Å²) in [6.45, 7) is 0.574. The molecule has 0 fully saturated rings. The maximum atomic E-state index is 12.2. The average Bonchev–Trinajstić information content (AvgIpc) is 2.57. The van der Waals surface area contributed by atoms with E-state index in [2.05, 4.69) is 34.5 Å². The van der Waals surface area contributed by atoms with E-state index in [0.29, 0.717) is 17.7 Å². The van der Waals surface area contributed by atoms with Crippen molar-refractivity contribution < 1.29 is 13.2 Å². The molecule has 0 saturated heterocycles. The summed E-state index contributed by atoms with van der Waals surface area (Å²) in [5.74, 6) is -0.236. The van der Waals surface area contributed by atoms with Gasteiger partial charge in [-0.1, -0.05) is 24.3 Å². The third-order valence-corrected chi connectivity index (χ3v) is 4.86. The number of aryl methyl sites for hydroxylation is 1. The van der Waals surface area contributed by atoms with E-state index in [4.69, 9.17) is 0 Å². The minimum absolute atomic E-state index is 0.0585. The fraction of sp³-hybridized carbons (Fsp3) is 0.350. The second-order valence-corrected chi connectivity index (χ2v) is 8.83. The van der Waals surface area contributed by atoms with Crippen LogP contribution in [0.1, 0.15) is 27.9 Å². The van der Waals surface area contributed by atoms with Crippen LogP contribution in [0.3, 0.4) is 0 Å². The van der Waals surface area contributed by atoms with E-state index >= 15 is 0 Å². The summed E-state index contributed by atoms with van der Waals surface area (Å²) >= 11 is 0. The van der Waals surface area contributed by atoms with Crippen LogP contribution in [0.2, 0.25) is 0 Å². The molecule has 0 aliphatic heterocycles. The normalized spacial score (nSPS) is 11.2. The molecule has 0 aromatic heterocycles. The SMILES string of the molecule is CN(C)c1ccc(CCCNC(=O)c2cccc(CS(C)(=O)=O)c2)cc1. The zero-order valence-electron chi connectivity index (χ0n) is 15.5. The van der Waals surface area contributed by atoms with Gasteiger partial charge in [-0.3, -0.25) is 4.79 Å². The molecule has 5 nitrogen and oxygen atoms in total. The Bertz CT molecular complexity index is 844. The predicted molar refractivity (Wildman–Crippen MR) is 106 cm³/mol. The van der Waals surface area contributed by atoms with Crippen LogP contribution in [-0.4, -0.2) is 41.2 Å². The first-order valence-electron chi connectivity index (χ1n) is 8.56. The number of benzene rings is 2. The highest BCUT2D eigenvalue weighted by molar-refractivity contribution is 7.89. The molecule has 140 valence electrons. The van der Waals surface area contributed by atoms with Crippen molar-refractivity contribution in [2.45, 2.75) is 18.6 Å². The van der Waals surface area contributed by atoms with Gasteiger partial charge in [-0.25, -0.2) is 8.42 Å². The molecular weight excluding hydrogens is 348 g/mol. The second-order valence-electron chi connectivity index (χ2n) is 6.69. The van der Waals surface area contributed by atoms with Crippen molar-refractivity contribution in [1.82, 2.24) is 5.32 Å². The zero-order valence-corrected chi connectivity index (χ0v) is 16.3. The summed E-state index contributed by atoms with van der Waals surface area (Å²) < 4.78 is 22.8. The summed E-state index contributed by atoms with van der Waals surface area (Å²) in [5, 5.41) is 2.89. The molecule has 0 unspecified atom stereocenters. The second kappa shape index (κ2) is 8.85. The molecule has 0 aliphatic carbocycles. The van der Waals surface area contributed by atoms with E-state index in [9.17, 15) is 13.2 Å². The summed E-state index contributed by atoms with van der Waals surface area (Å²) in [7, 11) is 0.904. The van der Waals surface area contributed by atoms with Crippen molar-refractivity contribution in [2.75, 3.05) is 31.8 Å². The van der Waals surface area contributed by atoms with Gasteiger partial charge in [0.1, 0.15) is 0 Å². The largest absolute Gasteiger partial charge is 0.378 e. The lowest BCUT2D eigenvalue weighted by molar-refractivity contribution is 0.0953. The first kappa shape index (κ1) is 20.0. The number of carbonyl (C=O) groups is 1. The van der Waals surface area contributed by atoms with Gasteiger partial charge in [0, 0.05) is 38.1 Å². The number of carbonyl (C=O) groups excluding carboxylic acids is 1. The van der Waals surface area contributed by atoms with E-state index in [1.54, 1.807) is 24.3 Å². The monoisotopic (exact) mass is 374 g/mol. The third kappa shape index (κ3) is 6.52. The van der Waals surface area contributed by atoms with Crippen molar-refractivity contribution in [1.29, 1.82) is 0 Å². The Morgan fingerprint density at radius 2 is 1.73 bits per heavy atom. The van der Waals surface area contributed by atoms with Gasteiger partial charge >= 0.3 is 0 Å². The number of nitrogens with zero attached hydrogens (tertiary/aromatic N) is 1. The smallest absolute Gasteiger partial charge is 0.251 e. The Hall–Kier alpha value is -2.34. The van der Waals surface area contributed by atoms with Gasteiger partial charge in [0.2, 0.25) is 0 Å². The quantitative estimate of drug-likeness (QED) is 0.722. The van der Waals surface area contributed by atoms with Gasteiger partial charge < -0.3 is 10.2 Å². The van der Waals surface area contributed by atoms with Crippen molar-refractivity contribution in [2.24, 2.45) is 0 Å². The topological polar surface area (TPSA) is 66.5 Å². The van der Waals surface area contributed by atoms with E-state index in [1.807, 2.05) is 14.1 Å². The van der Waals surface area contributed by atoms with E-state index in [1.165, 1.54) is 11.8 Å². The van der Waals surface area contributed by atoms with E-state index < -0.39 is 9.84 Å². The van der Waals surface area contributed by atoms with Crippen LogP contribution < -0.4 is 10.2 Å². The molecular formula is C20H26N2O3S. The molecule has 0 bridgehead atoms. The lowest BCUT2D eigenvalue weighted by Crippen LogP contribution is -2.24. The van der Waals surface area contributed by atoms with Gasteiger partial charge in [0.05, 0.1) is 5.75 Å². The number of hydrogen-bond acceptors (Lipinski definition) is 4. The van der Waals surface area contributed by atoms with Crippen molar-refractivity contribution in [3.8, 4) is 0 Å². The summed E-state index contributed by atoms with van der Waals surface area (Å²) in [4.78, 5) is 14.3. The highest BCUT2D eigenvalue weighted by Crippen LogP contribution is 2.13. The summed E-state index contributed by atoms with van der Waals surface area (Å²) in [6.07, 6.45) is 2.92. The molecule has 1 amide bonds. The lowest BCUT2D eigenvalue weighted by atomic mass is 10.1. The van der Waals surface area contributed by atoms with Crippen LogP contribution in [0.4, 0.5) is 5.69 Å². The first-order valence-corrected chi connectivity index (χ1v) is 10.6. The Balaban J connectivity index is 1.82. The molecule has 26 heavy (non-hydrogen) atoms. The molecule has 0 radical (unpaired) electrons. The van der Waals surface area contributed by atoms with Gasteiger partial charge in [0.15, 0.2) is 9.84 Å². The number of nitrogens with one attached hydrogen (secondary N) is 1. The predicted octanol–water partition coefficient (Wildman–Crippen LogP) is 2.66. The van der Waals surface area contributed by atoms with Gasteiger partial charge in [-0.05, 0) is 48.2 Å². The minimum Gasteiger partial charge on any atom is -0.378 e. The molecule has 2 aromatic carbocycles. The van der Waals surface area contributed by atoms with Crippen LogP contribution in [0.25, 0.3) is 0 Å². The Labute approximate surface area is 156 Å². The molecule has 0 atom stereocenters. The van der Waals surface area contributed by atoms with Gasteiger partial charge in [0.25, 0.3) is 5.91 Å². The first-order chi connectivity index (χ1) is 12.2. The molecule has 0 saturated carbocycles. The Morgan fingerprint density at radius 1 is 1.04 bits per heavy atom. The van der Waals surface area contributed by atoms with E-state index in [0.717, 1.165) is 18.5 Å². The highest BCUT2D eigenvalue weighted by atomic mass is 32.2. The number of rotatable bonds is 8. The fourth-order valence-corrected chi connectivity index (χ4v) is 3.45.